The summed E-state index contributed by atoms with van der Waals surface area (Å²) >= 11 is 0. The Morgan fingerprint density at radius 2 is 1.50 bits per heavy atom. The average molecular weight is 324 g/mol. The van der Waals surface area contributed by atoms with Crippen LogP contribution < -0.4 is 5.43 Å². The van der Waals surface area contributed by atoms with Crippen LogP contribution >= 0.6 is 0 Å². The summed E-state index contributed by atoms with van der Waals surface area (Å²) in [5.74, 6) is -1.09. The van der Waals surface area contributed by atoms with Crippen molar-refractivity contribution in [1.82, 2.24) is 5.43 Å². The van der Waals surface area contributed by atoms with Crippen LogP contribution in [-0.2, 0) is 16.0 Å². The van der Waals surface area contributed by atoms with Crippen LogP contribution in [0, 0.1) is 0 Å². The van der Waals surface area contributed by atoms with E-state index in [1.54, 1.807) is 0 Å². The van der Waals surface area contributed by atoms with Crippen LogP contribution in [0.25, 0.3) is 0 Å². The van der Waals surface area contributed by atoms with Gasteiger partial charge in [0, 0.05) is 12.8 Å². The van der Waals surface area contributed by atoms with Gasteiger partial charge in [-0.25, -0.2) is 5.43 Å². The minimum Gasteiger partial charge on any atom is -0.481 e. The quantitative estimate of drug-likeness (QED) is 0.579. The van der Waals surface area contributed by atoms with E-state index in [0.717, 1.165) is 11.1 Å². The van der Waals surface area contributed by atoms with E-state index in [-0.39, 0.29) is 18.7 Å². The molecule has 0 atom stereocenters. The number of nitrogens with one attached hydrogen (secondary N) is 1. The molecule has 1 amide bonds. The Morgan fingerprint density at radius 3 is 2.12 bits per heavy atom. The lowest BCUT2D eigenvalue weighted by atomic mass is 10.1. The number of aryl methyl sites for hydroxylation is 1. The molecule has 0 spiro atoms. The highest BCUT2D eigenvalue weighted by molar-refractivity contribution is 6.02. The molecule has 0 aliphatic rings. The molecule has 0 aromatic heterocycles. The van der Waals surface area contributed by atoms with Gasteiger partial charge in [-0.05, 0) is 17.5 Å². The lowest BCUT2D eigenvalue weighted by Gasteiger charge is -2.07. The summed E-state index contributed by atoms with van der Waals surface area (Å²) in [5, 5.41) is 13.0. The first-order valence-corrected chi connectivity index (χ1v) is 7.81. The number of amides is 1. The van der Waals surface area contributed by atoms with Gasteiger partial charge in [-0.2, -0.15) is 5.10 Å². The smallest absolute Gasteiger partial charge is 0.303 e. The number of hydrogen-bond donors (Lipinski definition) is 2. The van der Waals surface area contributed by atoms with Gasteiger partial charge in [0.05, 0.1) is 12.1 Å². The van der Waals surface area contributed by atoms with E-state index in [1.807, 2.05) is 60.7 Å². The van der Waals surface area contributed by atoms with Gasteiger partial charge in [-0.3, -0.25) is 9.59 Å². The van der Waals surface area contributed by atoms with E-state index in [4.69, 9.17) is 5.11 Å². The number of carbonyl (C=O) groups is 2. The van der Waals surface area contributed by atoms with E-state index >= 15 is 0 Å². The normalized spacial score (nSPS) is 11.1. The maximum absolute atomic E-state index is 12.0. The Balaban J connectivity index is 1.95. The van der Waals surface area contributed by atoms with Crippen molar-refractivity contribution in [3.8, 4) is 0 Å². The van der Waals surface area contributed by atoms with Crippen molar-refractivity contribution in [3.63, 3.8) is 0 Å². The van der Waals surface area contributed by atoms with Gasteiger partial charge >= 0.3 is 5.97 Å². The highest BCUT2D eigenvalue weighted by Crippen LogP contribution is 2.07. The summed E-state index contributed by atoms with van der Waals surface area (Å²) in [4.78, 5) is 22.7. The predicted molar refractivity (Wildman–Crippen MR) is 92.8 cm³/mol. The highest BCUT2D eigenvalue weighted by Gasteiger charge is 2.08. The molecule has 2 aromatic carbocycles. The number of benzene rings is 2. The molecule has 2 rings (SSSR count). The van der Waals surface area contributed by atoms with Gasteiger partial charge in [-0.15, -0.1) is 0 Å². The lowest BCUT2D eigenvalue weighted by molar-refractivity contribution is -0.136. The third kappa shape index (κ3) is 6.04. The van der Waals surface area contributed by atoms with Crippen LogP contribution in [0.1, 0.15) is 30.4 Å². The average Bonchev–Trinajstić information content (AvgIpc) is 2.61. The van der Waals surface area contributed by atoms with Crippen LogP contribution in [0.2, 0.25) is 0 Å². The zero-order valence-electron chi connectivity index (χ0n) is 13.3. The molecule has 24 heavy (non-hydrogen) atoms. The molecule has 0 saturated heterocycles. The molecule has 5 heteroatoms. The first kappa shape index (κ1) is 17.4. The van der Waals surface area contributed by atoms with E-state index in [1.165, 1.54) is 0 Å². The van der Waals surface area contributed by atoms with Crippen molar-refractivity contribution >= 4 is 17.6 Å². The standard InChI is InChI=1S/C19H20N2O3/c22-18(13-11-15-7-3-1-4-8-15)21-20-17(12-14-19(23)24)16-9-5-2-6-10-16/h1-10H,11-14H2,(H,21,22)(H,23,24)/b20-17-. The number of carbonyl (C=O) groups excluding carboxylic acids is 1. The second-order valence-electron chi connectivity index (χ2n) is 5.34. The minimum absolute atomic E-state index is 0.0341. The van der Waals surface area contributed by atoms with Gasteiger partial charge in [0.25, 0.3) is 0 Å². The van der Waals surface area contributed by atoms with E-state index in [2.05, 4.69) is 10.5 Å². The van der Waals surface area contributed by atoms with Crippen molar-refractivity contribution in [2.24, 2.45) is 5.10 Å². The molecule has 0 radical (unpaired) electrons. The molecule has 0 aliphatic carbocycles. The summed E-state index contributed by atoms with van der Waals surface area (Å²) in [5.41, 5.74) is 4.99. The minimum atomic E-state index is -0.894. The first-order chi connectivity index (χ1) is 11.6. The van der Waals surface area contributed by atoms with Crippen LogP contribution in [0.4, 0.5) is 0 Å². The third-order valence-corrected chi connectivity index (χ3v) is 3.48. The lowest BCUT2D eigenvalue weighted by Crippen LogP contribution is -2.20. The third-order valence-electron chi connectivity index (χ3n) is 3.48. The molecule has 0 unspecified atom stereocenters. The molecule has 124 valence electrons. The summed E-state index contributed by atoms with van der Waals surface area (Å²) in [6.45, 7) is 0. The number of rotatable bonds is 8. The maximum Gasteiger partial charge on any atom is 0.303 e. The fourth-order valence-corrected chi connectivity index (χ4v) is 2.21. The monoisotopic (exact) mass is 324 g/mol. The van der Waals surface area contributed by atoms with Gasteiger partial charge in [0.15, 0.2) is 0 Å². The molecule has 0 fully saturated rings. The molecular formula is C19H20N2O3. The van der Waals surface area contributed by atoms with Gasteiger partial charge < -0.3 is 5.11 Å². The summed E-state index contributed by atoms with van der Waals surface area (Å²) in [6, 6.07) is 19.0. The van der Waals surface area contributed by atoms with Crippen molar-refractivity contribution in [1.29, 1.82) is 0 Å². The number of hydrogen-bond acceptors (Lipinski definition) is 3. The Hall–Kier alpha value is -2.95. The highest BCUT2D eigenvalue weighted by atomic mass is 16.4. The van der Waals surface area contributed by atoms with Gasteiger partial charge in [0.2, 0.25) is 5.91 Å². The van der Waals surface area contributed by atoms with Crippen molar-refractivity contribution < 1.29 is 14.7 Å². The van der Waals surface area contributed by atoms with E-state index in [9.17, 15) is 9.59 Å². The molecular weight excluding hydrogens is 304 g/mol. The summed E-state index contributed by atoms with van der Waals surface area (Å²) in [6.07, 6.45) is 1.19. The zero-order valence-corrected chi connectivity index (χ0v) is 13.3. The predicted octanol–water partition coefficient (Wildman–Crippen LogP) is 3.00. The Morgan fingerprint density at radius 1 is 0.875 bits per heavy atom. The number of hydrazone groups is 1. The van der Waals surface area contributed by atoms with Crippen LogP contribution in [0.3, 0.4) is 0 Å². The fraction of sp³-hybridized carbons (Fsp3) is 0.211. The van der Waals surface area contributed by atoms with Crippen LogP contribution in [-0.4, -0.2) is 22.7 Å². The molecule has 0 aliphatic heterocycles. The summed E-state index contributed by atoms with van der Waals surface area (Å²) < 4.78 is 0. The molecule has 5 nitrogen and oxygen atoms in total. The van der Waals surface area contributed by atoms with E-state index in [0.29, 0.717) is 18.6 Å². The molecule has 0 heterocycles. The van der Waals surface area contributed by atoms with Gasteiger partial charge in [0.1, 0.15) is 0 Å². The van der Waals surface area contributed by atoms with Crippen molar-refractivity contribution in [2.45, 2.75) is 25.7 Å². The molecule has 0 bridgehead atoms. The molecule has 2 N–H and O–H groups in total. The van der Waals surface area contributed by atoms with Gasteiger partial charge in [-0.1, -0.05) is 60.7 Å². The molecule has 2 aromatic rings. The maximum atomic E-state index is 12.0. The van der Waals surface area contributed by atoms with Crippen LogP contribution in [0.15, 0.2) is 65.8 Å². The SMILES string of the molecule is O=C(O)CC/C(=N/NC(=O)CCc1ccccc1)c1ccccc1. The Kier molecular flexibility index (Phi) is 6.71. The topological polar surface area (TPSA) is 78.8 Å². The number of nitrogens with zero attached hydrogens (tertiary/aromatic N) is 1. The second kappa shape index (κ2) is 9.25. The number of carboxylic acids is 1. The fourth-order valence-electron chi connectivity index (χ4n) is 2.21. The van der Waals surface area contributed by atoms with Crippen molar-refractivity contribution in [2.75, 3.05) is 0 Å². The summed E-state index contributed by atoms with van der Waals surface area (Å²) in [7, 11) is 0. The largest absolute Gasteiger partial charge is 0.481 e. The zero-order chi connectivity index (χ0) is 17.2. The first-order valence-electron chi connectivity index (χ1n) is 7.81. The Labute approximate surface area is 141 Å². The second-order valence-corrected chi connectivity index (χ2v) is 5.34. The van der Waals surface area contributed by atoms with E-state index < -0.39 is 5.97 Å². The number of aliphatic carboxylic acids is 1. The Bertz CT molecular complexity index is 697. The van der Waals surface area contributed by atoms with Crippen LogP contribution in [0.5, 0.6) is 0 Å². The number of carboxylic acid groups (broad SMARTS) is 1. The molecule has 0 saturated carbocycles. The van der Waals surface area contributed by atoms with Crippen molar-refractivity contribution in [3.05, 3.63) is 71.8 Å².